The van der Waals surface area contributed by atoms with Crippen LogP contribution in [0.3, 0.4) is 0 Å². The Hall–Kier alpha value is -1.01. The molecule has 1 saturated heterocycles. The van der Waals surface area contributed by atoms with Crippen molar-refractivity contribution in [3.8, 4) is 0 Å². The Bertz CT molecular complexity index is 883. The number of nitrogens with one attached hydrogen (secondary N) is 2. The SMILES string of the molecule is CC1CCC(NS(=O)(=O)CC(=O)N2CCC(NS(=O)(=O)c3cccs3)CC2)CC1. The van der Waals surface area contributed by atoms with Crippen molar-refractivity contribution in [2.24, 2.45) is 5.92 Å². The van der Waals surface area contributed by atoms with E-state index in [2.05, 4.69) is 16.4 Å². The van der Waals surface area contributed by atoms with Gasteiger partial charge in [0.25, 0.3) is 0 Å². The van der Waals surface area contributed by atoms with E-state index in [-0.39, 0.29) is 16.3 Å². The zero-order valence-electron chi connectivity index (χ0n) is 16.5. The van der Waals surface area contributed by atoms with Gasteiger partial charge in [0, 0.05) is 25.2 Å². The van der Waals surface area contributed by atoms with Crippen LogP contribution < -0.4 is 9.44 Å². The lowest BCUT2D eigenvalue weighted by atomic mass is 9.88. The first-order chi connectivity index (χ1) is 13.6. The Balaban J connectivity index is 1.46. The van der Waals surface area contributed by atoms with Crippen LogP contribution >= 0.6 is 11.3 Å². The monoisotopic (exact) mass is 463 g/mol. The van der Waals surface area contributed by atoms with Gasteiger partial charge in [-0.15, -0.1) is 11.3 Å². The molecule has 0 spiro atoms. The zero-order valence-corrected chi connectivity index (χ0v) is 19.0. The number of likely N-dealkylation sites (tertiary alicyclic amines) is 1. The first-order valence-electron chi connectivity index (χ1n) is 9.98. The minimum atomic E-state index is -3.67. The first-order valence-corrected chi connectivity index (χ1v) is 14.0. The van der Waals surface area contributed by atoms with E-state index in [4.69, 9.17) is 0 Å². The van der Waals surface area contributed by atoms with Gasteiger partial charge in [0.05, 0.1) is 0 Å². The van der Waals surface area contributed by atoms with Gasteiger partial charge in [-0.3, -0.25) is 4.79 Å². The Morgan fingerprint density at radius 2 is 1.66 bits per heavy atom. The molecule has 164 valence electrons. The maximum Gasteiger partial charge on any atom is 0.250 e. The van der Waals surface area contributed by atoms with Crippen LogP contribution in [0, 0.1) is 5.92 Å². The first kappa shape index (κ1) is 22.7. The van der Waals surface area contributed by atoms with Gasteiger partial charge in [-0.05, 0) is 55.9 Å². The summed E-state index contributed by atoms with van der Waals surface area (Å²) in [6.45, 7) is 2.85. The van der Waals surface area contributed by atoms with Crippen LogP contribution in [-0.4, -0.2) is 58.6 Å². The number of hydrogen-bond acceptors (Lipinski definition) is 6. The standard InChI is InChI=1S/C18H29N3O5S3/c1-14-4-6-15(7-5-14)19-28(23,24)13-17(22)21-10-8-16(9-11-21)20-29(25,26)18-3-2-12-27-18/h2-3,12,14-16,19-20H,4-11,13H2,1H3. The van der Waals surface area contributed by atoms with E-state index >= 15 is 0 Å². The molecule has 0 bridgehead atoms. The van der Waals surface area contributed by atoms with E-state index in [9.17, 15) is 21.6 Å². The Morgan fingerprint density at radius 1 is 1.03 bits per heavy atom. The third-order valence-corrected chi connectivity index (χ3v) is 9.84. The Kier molecular flexibility index (Phi) is 7.36. The number of nitrogens with zero attached hydrogens (tertiary/aromatic N) is 1. The molecule has 0 unspecified atom stereocenters. The van der Waals surface area contributed by atoms with E-state index in [0.29, 0.717) is 31.8 Å². The summed E-state index contributed by atoms with van der Waals surface area (Å²) in [4.78, 5) is 14.0. The molecule has 0 radical (unpaired) electrons. The molecule has 2 fully saturated rings. The van der Waals surface area contributed by atoms with Gasteiger partial charge < -0.3 is 4.90 Å². The van der Waals surface area contributed by atoms with Gasteiger partial charge in [-0.1, -0.05) is 13.0 Å². The van der Waals surface area contributed by atoms with Crippen molar-refractivity contribution in [1.82, 2.24) is 14.3 Å². The predicted molar refractivity (Wildman–Crippen MR) is 113 cm³/mol. The predicted octanol–water partition coefficient (Wildman–Crippen LogP) is 1.52. The van der Waals surface area contributed by atoms with Gasteiger partial charge in [0.1, 0.15) is 9.96 Å². The van der Waals surface area contributed by atoms with Gasteiger partial charge in [0.2, 0.25) is 26.0 Å². The molecule has 2 N–H and O–H groups in total. The van der Waals surface area contributed by atoms with Crippen LogP contribution in [0.4, 0.5) is 0 Å². The smallest absolute Gasteiger partial charge is 0.250 e. The molecule has 11 heteroatoms. The van der Waals surface area contributed by atoms with Crippen LogP contribution in [0.2, 0.25) is 0 Å². The second-order valence-corrected chi connectivity index (χ2v) is 12.7. The van der Waals surface area contributed by atoms with Crippen LogP contribution in [0.25, 0.3) is 0 Å². The third-order valence-electron chi connectivity index (χ3n) is 5.60. The van der Waals surface area contributed by atoms with Gasteiger partial charge in [-0.25, -0.2) is 26.3 Å². The van der Waals surface area contributed by atoms with E-state index in [0.717, 1.165) is 37.0 Å². The fourth-order valence-electron chi connectivity index (χ4n) is 3.87. The van der Waals surface area contributed by atoms with Crippen molar-refractivity contribution in [3.63, 3.8) is 0 Å². The second-order valence-electron chi connectivity index (χ2n) is 8.04. The average molecular weight is 464 g/mol. The normalized spacial score (nSPS) is 24.5. The van der Waals surface area contributed by atoms with Crippen LogP contribution in [-0.2, 0) is 24.8 Å². The molecular formula is C18H29N3O5S3. The lowest BCUT2D eigenvalue weighted by Crippen LogP contribution is -2.49. The van der Waals surface area contributed by atoms with Crippen molar-refractivity contribution < 1.29 is 21.6 Å². The van der Waals surface area contributed by atoms with Gasteiger partial charge >= 0.3 is 0 Å². The lowest BCUT2D eigenvalue weighted by molar-refractivity contribution is -0.129. The molecule has 1 aliphatic heterocycles. The molecule has 0 aromatic carbocycles. The largest absolute Gasteiger partial charge is 0.342 e. The van der Waals surface area contributed by atoms with Crippen molar-refractivity contribution in [1.29, 1.82) is 0 Å². The van der Waals surface area contributed by atoms with Gasteiger partial charge in [0.15, 0.2) is 0 Å². The number of carbonyl (C=O) groups is 1. The van der Waals surface area contributed by atoms with E-state index in [1.807, 2.05) is 0 Å². The molecular weight excluding hydrogens is 434 g/mol. The van der Waals surface area contributed by atoms with Crippen LogP contribution in [0.5, 0.6) is 0 Å². The van der Waals surface area contributed by atoms with E-state index < -0.39 is 31.7 Å². The summed E-state index contributed by atoms with van der Waals surface area (Å²) in [6.07, 6.45) is 4.54. The summed E-state index contributed by atoms with van der Waals surface area (Å²) < 4.78 is 55.0. The number of carbonyl (C=O) groups excluding carboxylic acids is 1. The molecule has 1 amide bonds. The third kappa shape index (κ3) is 6.48. The highest BCUT2D eigenvalue weighted by Gasteiger charge is 2.30. The fourth-order valence-corrected chi connectivity index (χ4v) is 7.52. The molecule has 2 aliphatic rings. The second kappa shape index (κ2) is 9.42. The number of piperidine rings is 1. The summed E-state index contributed by atoms with van der Waals surface area (Å²) in [5, 5.41) is 1.71. The van der Waals surface area contributed by atoms with Crippen molar-refractivity contribution in [3.05, 3.63) is 17.5 Å². The zero-order chi connectivity index (χ0) is 21.1. The van der Waals surface area contributed by atoms with Crippen LogP contribution in [0.1, 0.15) is 45.4 Å². The molecule has 0 atom stereocenters. The quantitative estimate of drug-likeness (QED) is 0.637. The molecule has 2 heterocycles. The topological polar surface area (TPSA) is 113 Å². The minimum Gasteiger partial charge on any atom is -0.342 e. The molecule has 8 nitrogen and oxygen atoms in total. The molecule has 29 heavy (non-hydrogen) atoms. The van der Waals surface area contributed by atoms with Crippen LogP contribution in [0.15, 0.2) is 21.7 Å². The Labute approximate surface area is 177 Å². The highest BCUT2D eigenvalue weighted by molar-refractivity contribution is 7.91. The lowest BCUT2D eigenvalue weighted by Gasteiger charge is -2.32. The summed E-state index contributed by atoms with van der Waals surface area (Å²) in [7, 11) is -7.21. The highest BCUT2D eigenvalue weighted by Crippen LogP contribution is 2.24. The fraction of sp³-hybridized carbons (Fsp3) is 0.722. The molecule has 3 rings (SSSR count). The van der Waals surface area contributed by atoms with Crippen molar-refractivity contribution >= 4 is 37.3 Å². The number of amides is 1. The summed E-state index contributed by atoms with van der Waals surface area (Å²) in [5.41, 5.74) is 0. The van der Waals surface area contributed by atoms with Gasteiger partial charge in [-0.2, -0.15) is 0 Å². The number of hydrogen-bond donors (Lipinski definition) is 2. The Morgan fingerprint density at radius 3 is 2.24 bits per heavy atom. The number of sulfonamides is 2. The summed E-state index contributed by atoms with van der Waals surface area (Å²) in [5.74, 6) is -0.359. The number of rotatable bonds is 7. The maximum absolute atomic E-state index is 12.5. The summed E-state index contributed by atoms with van der Waals surface area (Å²) in [6, 6.07) is 2.89. The van der Waals surface area contributed by atoms with Crippen molar-refractivity contribution in [2.45, 2.75) is 61.7 Å². The molecule has 1 aromatic rings. The van der Waals surface area contributed by atoms with E-state index in [1.54, 1.807) is 17.5 Å². The average Bonchev–Trinajstić information content (AvgIpc) is 3.19. The molecule has 1 aromatic heterocycles. The number of thiophene rings is 1. The maximum atomic E-state index is 12.5. The van der Waals surface area contributed by atoms with Crippen molar-refractivity contribution in [2.75, 3.05) is 18.8 Å². The molecule has 1 aliphatic carbocycles. The molecule has 1 saturated carbocycles. The minimum absolute atomic E-state index is 0.0820. The highest BCUT2D eigenvalue weighted by atomic mass is 32.2. The summed E-state index contributed by atoms with van der Waals surface area (Å²) >= 11 is 1.16. The van der Waals surface area contributed by atoms with E-state index in [1.165, 1.54) is 4.90 Å².